The van der Waals surface area contributed by atoms with E-state index in [0.717, 1.165) is 67.7 Å². The molecule has 172 valence electrons. The zero-order valence-corrected chi connectivity index (χ0v) is 21.4. The molecule has 0 amide bonds. The molecule has 0 saturated carbocycles. The summed E-state index contributed by atoms with van der Waals surface area (Å²) in [7, 11) is 0. The van der Waals surface area contributed by atoms with Crippen LogP contribution in [0.3, 0.4) is 0 Å². The molecule has 8 heteroatoms. The highest BCUT2D eigenvalue weighted by Crippen LogP contribution is 2.35. The Morgan fingerprint density at radius 3 is 2.84 bits per heavy atom. The van der Waals surface area contributed by atoms with Crippen molar-refractivity contribution in [3.8, 4) is 11.5 Å². The number of fused-ring (bicyclic) bond motifs is 1. The standard InChI is InChI=1S/C23H35N5O2.HI/c1-5-24-23(26-9-7-8-11-28-12-10-25-18(28)4)27-16-20-15-22-19(13-17(3)30-22)14-21(20)29-6-2;/h10,12,14-15,17H,5-9,11,13,16H2,1-4H3,(H2,24,26,27);1H. The van der Waals surface area contributed by atoms with Crippen LogP contribution >= 0.6 is 24.0 Å². The molecule has 3 rings (SSSR count). The first-order valence-corrected chi connectivity index (χ1v) is 11.1. The maximum absolute atomic E-state index is 5.92. The lowest BCUT2D eigenvalue weighted by molar-refractivity contribution is 0.254. The van der Waals surface area contributed by atoms with Crippen LogP contribution in [0.4, 0.5) is 0 Å². The summed E-state index contributed by atoms with van der Waals surface area (Å²) in [6, 6.07) is 4.20. The molecular weight excluding hydrogens is 505 g/mol. The van der Waals surface area contributed by atoms with E-state index in [-0.39, 0.29) is 30.1 Å². The summed E-state index contributed by atoms with van der Waals surface area (Å²) in [6.45, 7) is 12.1. The summed E-state index contributed by atoms with van der Waals surface area (Å²) in [5.74, 6) is 3.76. The molecule has 0 spiro atoms. The number of ether oxygens (including phenoxy) is 2. The number of unbranched alkanes of at least 4 members (excludes halogenated alkanes) is 1. The number of rotatable bonds is 10. The normalized spacial score (nSPS) is 15.1. The minimum absolute atomic E-state index is 0. The zero-order chi connectivity index (χ0) is 21.3. The number of nitrogens with zero attached hydrogens (tertiary/aromatic N) is 3. The number of hydrogen-bond acceptors (Lipinski definition) is 4. The highest BCUT2D eigenvalue weighted by molar-refractivity contribution is 14.0. The average molecular weight is 541 g/mol. The van der Waals surface area contributed by atoms with E-state index in [1.54, 1.807) is 0 Å². The van der Waals surface area contributed by atoms with Crippen LogP contribution in [0.1, 0.15) is 50.6 Å². The molecule has 31 heavy (non-hydrogen) atoms. The second kappa shape index (κ2) is 12.8. The number of halogens is 1. The first kappa shape index (κ1) is 25.3. The lowest BCUT2D eigenvalue weighted by Gasteiger charge is -2.14. The second-order valence-corrected chi connectivity index (χ2v) is 7.63. The van der Waals surface area contributed by atoms with Crippen molar-refractivity contribution in [3.05, 3.63) is 41.5 Å². The number of benzene rings is 1. The van der Waals surface area contributed by atoms with Crippen LogP contribution in [-0.4, -0.2) is 41.3 Å². The molecule has 0 aliphatic carbocycles. The number of aliphatic imine (C=N–C) groups is 1. The maximum atomic E-state index is 5.92. The smallest absolute Gasteiger partial charge is 0.191 e. The minimum atomic E-state index is 0. The van der Waals surface area contributed by atoms with Crippen molar-refractivity contribution in [2.75, 3.05) is 19.7 Å². The molecule has 0 radical (unpaired) electrons. The summed E-state index contributed by atoms with van der Waals surface area (Å²) in [5, 5.41) is 6.77. The molecule has 0 saturated heterocycles. The summed E-state index contributed by atoms with van der Waals surface area (Å²) < 4.78 is 14.0. The monoisotopic (exact) mass is 541 g/mol. The Morgan fingerprint density at radius 1 is 1.29 bits per heavy atom. The Hall–Kier alpha value is -1.97. The second-order valence-electron chi connectivity index (χ2n) is 7.63. The predicted octanol–water partition coefficient (Wildman–Crippen LogP) is 4.07. The van der Waals surface area contributed by atoms with Crippen LogP contribution in [0, 0.1) is 6.92 Å². The van der Waals surface area contributed by atoms with Gasteiger partial charge in [-0.1, -0.05) is 0 Å². The van der Waals surface area contributed by atoms with Gasteiger partial charge in [0.1, 0.15) is 23.4 Å². The summed E-state index contributed by atoms with van der Waals surface area (Å²) in [4.78, 5) is 9.04. The van der Waals surface area contributed by atoms with Gasteiger partial charge in [0.15, 0.2) is 5.96 Å². The number of aromatic nitrogens is 2. The van der Waals surface area contributed by atoms with E-state index < -0.39 is 0 Å². The summed E-state index contributed by atoms with van der Waals surface area (Å²) >= 11 is 0. The fourth-order valence-corrected chi connectivity index (χ4v) is 3.65. The molecule has 1 aliphatic rings. The number of aryl methyl sites for hydroxylation is 2. The van der Waals surface area contributed by atoms with Gasteiger partial charge in [0.25, 0.3) is 0 Å². The average Bonchev–Trinajstić information content (AvgIpc) is 3.29. The van der Waals surface area contributed by atoms with Gasteiger partial charge in [0.05, 0.1) is 13.2 Å². The van der Waals surface area contributed by atoms with Gasteiger partial charge in [-0.25, -0.2) is 9.98 Å². The van der Waals surface area contributed by atoms with Crippen LogP contribution in [0.25, 0.3) is 0 Å². The van der Waals surface area contributed by atoms with Crippen molar-refractivity contribution >= 4 is 29.9 Å². The Morgan fingerprint density at radius 2 is 2.13 bits per heavy atom. The first-order chi connectivity index (χ1) is 14.6. The first-order valence-electron chi connectivity index (χ1n) is 11.1. The molecule has 2 heterocycles. The van der Waals surface area contributed by atoms with E-state index in [2.05, 4.69) is 46.2 Å². The minimum Gasteiger partial charge on any atom is -0.494 e. The number of guanidine groups is 1. The van der Waals surface area contributed by atoms with Gasteiger partial charge in [-0.2, -0.15) is 0 Å². The third-order valence-electron chi connectivity index (χ3n) is 5.17. The third kappa shape index (κ3) is 7.29. The van der Waals surface area contributed by atoms with E-state index in [0.29, 0.717) is 13.2 Å². The number of hydrogen-bond donors (Lipinski definition) is 2. The van der Waals surface area contributed by atoms with E-state index in [4.69, 9.17) is 14.5 Å². The van der Waals surface area contributed by atoms with Crippen molar-refractivity contribution in [1.29, 1.82) is 0 Å². The Balaban J connectivity index is 0.00000341. The molecule has 1 aromatic heterocycles. The molecule has 7 nitrogen and oxygen atoms in total. The van der Waals surface area contributed by atoms with Gasteiger partial charge in [-0.05, 0) is 52.7 Å². The fourth-order valence-electron chi connectivity index (χ4n) is 3.65. The molecule has 2 N–H and O–H groups in total. The van der Waals surface area contributed by atoms with Crippen LogP contribution in [0.15, 0.2) is 29.5 Å². The third-order valence-corrected chi connectivity index (χ3v) is 5.17. The van der Waals surface area contributed by atoms with Crippen molar-refractivity contribution in [2.45, 2.75) is 66.2 Å². The highest BCUT2D eigenvalue weighted by atomic mass is 127. The zero-order valence-electron chi connectivity index (χ0n) is 19.1. The molecule has 1 unspecified atom stereocenters. The van der Waals surface area contributed by atoms with Gasteiger partial charge in [0, 0.05) is 49.6 Å². The largest absolute Gasteiger partial charge is 0.494 e. The highest BCUT2D eigenvalue weighted by Gasteiger charge is 2.21. The summed E-state index contributed by atoms with van der Waals surface area (Å²) in [6.07, 6.45) is 7.20. The van der Waals surface area contributed by atoms with Crippen molar-refractivity contribution in [3.63, 3.8) is 0 Å². The maximum Gasteiger partial charge on any atom is 0.191 e. The molecule has 0 fully saturated rings. The van der Waals surface area contributed by atoms with Gasteiger partial charge < -0.3 is 24.7 Å². The van der Waals surface area contributed by atoms with E-state index >= 15 is 0 Å². The van der Waals surface area contributed by atoms with Crippen LogP contribution in [0.2, 0.25) is 0 Å². The van der Waals surface area contributed by atoms with Crippen molar-refractivity contribution in [1.82, 2.24) is 20.2 Å². The summed E-state index contributed by atoms with van der Waals surface area (Å²) in [5.41, 5.74) is 2.27. The van der Waals surface area contributed by atoms with Gasteiger partial charge in [0.2, 0.25) is 0 Å². The van der Waals surface area contributed by atoms with E-state index in [1.807, 2.05) is 26.2 Å². The van der Waals surface area contributed by atoms with E-state index in [1.165, 1.54) is 5.56 Å². The van der Waals surface area contributed by atoms with Gasteiger partial charge in [-0.15, -0.1) is 24.0 Å². The van der Waals surface area contributed by atoms with Gasteiger partial charge >= 0.3 is 0 Å². The molecule has 1 aromatic carbocycles. The SMILES string of the molecule is CCNC(=NCc1cc2c(cc1OCC)CC(C)O2)NCCCCn1ccnc1C.I. The molecule has 1 atom stereocenters. The Kier molecular flexibility index (Phi) is 10.4. The quantitative estimate of drug-likeness (QED) is 0.206. The van der Waals surface area contributed by atoms with E-state index in [9.17, 15) is 0 Å². The fraction of sp³-hybridized carbons (Fsp3) is 0.565. The predicted molar refractivity (Wildman–Crippen MR) is 136 cm³/mol. The molecule has 1 aliphatic heterocycles. The molecular formula is C23H36IN5O2. The van der Waals surface area contributed by atoms with Crippen LogP contribution in [-0.2, 0) is 19.5 Å². The number of nitrogens with one attached hydrogen (secondary N) is 2. The lowest BCUT2D eigenvalue weighted by atomic mass is 10.1. The Labute approximate surface area is 203 Å². The van der Waals surface area contributed by atoms with Crippen molar-refractivity contribution < 1.29 is 9.47 Å². The Bertz CT molecular complexity index is 852. The van der Waals surface area contributed by atoms with Gasteiger partial charge in [-0.3, -0.25) is 0 Å². The topological polar surface area (TPSA) is 72.7 Å². The van der Waals surface area contributed by atoms with Crippen LogP contribution in [0.5, 0.6) is 11.5 Å². The van der Waals surface area contributed by atoms with Crippen LogP contribution < -0.4 is 20.1 Å². The van der Waals surface area contributed by atoms with Crippen molar-refractivity contribution in [2.24, 2.45) is 4.99 Å². The molecule has 0 bridgehead atoms. The molecule has 2 aromatic rings. The number of imidazole rings is 1. The lowest BCUT2D eigenvalue weighted by Crippen LogP contribution is -2.37.